The van der Waals surface area contributed by atoms with Crippen LogP contribution in [-0.2, 0) is 0 Å². The molecule has 0 radical (unpaired) electrons. The third kappa shape index (κ3) is 6.06. The van der Waals surface area contributed by atoms with Gasteiger partial charge in [-0.05, 0) is 97.6 Å². The second kappa shape index (κ2) is 14.8. The number of benzene rings is 9. The molecule has 10 rings (SSSR count). The van der Waals surface area contributed by atoms with Crippen molar-refractivity contribution in [2.24, 2.45) is 0 Å². The number of para-hydroxylation sites is 3. The molecule has 0 unspecified atom stereocenters. The minimum Gasteiger partial charge on any atom is -0.311 e. The Morgan fingerprint density at radius 1 is 0.298 bits per heavy atom. The Kier molecular flexibility index (Phi) is 8.90. The fourth-order valence-electron chi connectivity index (χ4n) is 8.75. The normalized spacial score (nSPS) is 12.7. The lowest BCUT2D eigenvalue weighted by Gasteiger charge is -2.45. The lowest BCUT2D eigenvalue weighted by Crippen LogP contribution is -2.77. The fourth-order valence-corrected chi connectivity index (χ4v) is 13.8. The molecule has 3 heteroatoms. The summed E-state index contributed by atoms with van der Waals surface area (Å²) in [6.45, 7) is 0. The van der Waals surface area contributed by atoms with Crippen LogP contribution in [0, 0.1) is 0 Å². The average Bonchev–Trinajstić information content (AvgIpc) is 3.30. The maximum Gasteiger partial charge on any atom is 0.184 e. The third-order valence-corrected chi connectivity index (χ3v) is 16.2. The molecular weight excluding hydrogens is 705 g/mol. The molecule has 0 amide bonds. The Morgan fingerprint density at radius 3 is 1.28 bits per heavy atom. The quantitative estimate of drug-likeness (QED) is 0.143. The van der Waals surface area contributed by atoms with Crippen LogP contribution in [0.2, 0.25) is 0 Å². The van der Waals surface area contributed by atoms with Crippen molar-refractivity contribution in [3.63, 3.8) is 0 Å². The summed E-state index contributed by atoms with van der Waals surface area (Å²) in [5.41, 5.74) is 11.7. The van der Waals surface area contributed by atoms with Crippen LogP contribution in [0.5, 0.6) is 0 Å². The van der Waals surface area contributed by atoms with Gasteiger partial charge >= 0.3 is 0 Å². The minimum atomic E-state index is -2.80. The zero-order chi connectivity index (χ0) is 38.0. The molecule has 57 heavy (non-hydrogen) atoms. The predicted molar refractivity (Wildman–Crippen MR) is 244 cm³/mol. The first-order valence-electron chi connectivity index (χ1n) is 19.6. The molecule has 0 saturated carbocycles. The molecule has 0 bridgehead atoms. The Hall–Kier alpha value is -7.20. The van der Waals surface area contributed by atoms with Crippen LogP contribution in [0.4, 0.5) is 34.1 Å². The van der Waals surface area contributed by atoms with E-state index < -0.39 is 8.07 Å². The first-order chi connectivity index (χ1) is 28.3. The Morgan fingerprint density at radius 2 is 0.702 bits per heavy atom. The molecule has 0 saturated heterocycles. The van der Waals surface area contributed by atoms with Gasteiger partial charge in [0.2, 0.25) is 0 Å². The van der Waals surface area contributed by atoms with Gasteiger partial charge in [-0.15, -0.1) is 0 Å². The SMILES string of the molecule is c1ccc(-c2ccc(-c3ccc(N(c4ccccc4)c4ccc5c(c4)N(c4ccccc4)c4ccccc4[Si]5(c4ccccc4)c4ccccc4)cc3)cc2)cc1. The molecule has 0 aliphatic carbocycles. The standard InChI is InChI=1S/C54H40N2Si/c1-6-18-41(19-7-1)42-30-32-43(33-31-42)44-34-36-47(37-35-44)55(45-20-8-2-9-21-45)48-38-39-54-52(40-48)56(46-22-10-3-11-23-46)51-28-16-17-29-53(51)57(54,49-24-12-4-13-25-49)50-26-14-5-15-27-50/h1-40H. The van der Waals surface area contributed by atoms with Gasteiger partial charge in [0.05, 0.1) is 0 Å². The van der Waals surface area contributed by atoms with Crippen LogP contribution in [0.3, 0.4) is 0 Å². The maximum absolute atomic E-state index is 2.80. The van der Waals surface area contributed by atoms with Crippen molar-refractivity contribution >= 4 is 62.9 Å². The predicted octanol–water partition coefficient (Wildman–Crippen LogP) is 11.7. The van der Waals surface area contributed by atoms with Gasteiger partial charge < -0.3 is 9.80 Å². The molecule has 0 atom stereocenters. The molecule has 1 aliphatic heterocycles. The molecule has 2 nitrogen and oxygen atoms in total. The molecular formula is C54H40N2Si. The lowest BCUT2D eigenvalue weighted by molar-refractivity contribution is 1.25. The smallest absolute Gasteiger partial charge is 0.184 e. The van der Waals surface area contributed by atoms with Crippen LogP contribution >= 0.6 is 0 Å². The first-order valence-corrected chi connectivity index (χ1v) is 21.6. The highest BCUT2D eigenvalue weighted by atomic mass is 28.3. The van der Waals surface area contributed by atoms with Crippen LogP contribution in [0.25, 0.3) is 22.3 Å². The number of fused-ring (bicyclic) bond motifs is 2. The highest BCUT2D eigenvalue weighted by molar-refractivity contribution is 7.21. The molecule has 0 N–H and O–H groups in total. The van der Waals surface area contributed by atoms with Crippen LogP contribution in [0.15, 0.2) is 243 Å². The summed E-state index contributed by atoms with van der Waals surface area (Å²) in [7, 11) is -2.80. The Balaban J connectivity index is 1.16. The van der Waals surface area contributed by atoms with Crippen LogP contribution in [0.1, 0.15) is 0 Å². The molecule has 0 spiro atoms. The van der Waals surface area contributed by atoms with Gasteiger partial charge in [-0.1, -0.05) is 188 Å². The van der Waals surface area contributed by atoms with Gasteiger partial charge in [-0.25, -0.2) is 0 Å². The van der Waals surface area contributed by atoms with Crippen molar-refractivity contribution in [3.05, 3.63) is 243 Å². The zero-order valence-electron chi connectivity index (χ0n) is 31.5. The van der Waals surface area contributed by atoms with Crippen molar-refractivity contribution < 1.29 is 0 Å². The molecule has 1 aliphatic rings. The summed E-state index contributed by atoms with van der Waals surface area (Å²) < 4.78 is 0. The van der Waals surface area contributed by atoms with Crippen molar-refractivity contribution in [2.75, 3.05) is 9.80 Å². The van der Waals surface area contributed by atoms with E-state index in [4.69, 9.17) is 0 Å². The van der Waals surface area contributed by atoms with E-state index in [1.807, 2.05) is 0 Å². The second-order valence-corrected chi connectivity index (χ2v) is 18.3. The fraction of sp³-hybridized carbons (Fsp3) is 0. The number of hydrogen-bond acceptors (Lipinski definition) is 2. The maximum atomic E-state index is 2.48. The highest BCUT2D eigenvalue weighted by Crippen LogP contribution is 2.43. The van der Waals surface area contributed by atoms with Gasteiger partial charge in [-0.2, -0.15) is 0 Å². The van der Waals surface area contributed by atoms with E-state index in [0.29, 0.717) is 0 Å². The van der Waals surface area contributed by atoms with Crippen molar-refractivity contribution in [1.82, 2.24) is 0 Å². The number of nitrogens with zero attached hydrogens (tertiary/aromatic N) is 2. The van der Waals surface area contributed by atoms with Gasteiger partial charge in [-0.3, -0.25) is 0 Å². The first kappa shape index (κ1) is 34.3. The summed E-state index contributed by atoms with van der Waals surface area (Å²) in [6.07, 6.45) is 0. The summed E-state index contributed by atoms with van der Waals surface area (Å²) in [5, 5.41) is 5.50. The molecule has 0 fully saturated rings. The van der Waals surface area contributed by atoms with E-state index in [1.54, 1.807) is 0 Å². The minimum absolute atomic E-state index is 1.10. The molecule has 0 aromatic heterocycles. The average molecular weight is 745 g/mol. The van der Waals surface area contributed by atoms with Crippen molar-refractivity contribution in [2.45, 2.75) is 0 Å². The van der Waals surface area contributed by atoms with E-state index in [-0.39, 0.29) is 0 Å². The summed E-state index contributed by atoms with van der Waals surface area (Å²) >= 11 is 0. The number of rotatable bonds is 8. The zero-order valence-corrected chi connectivity index (χ0v) is 32.5. The number of hydrogen-bond donors (Lipinski definition) is 0. The topological polar surface area (TPSA) is 6.48 Å². The molecule has 9 aromatic carbocycles. The molecule has 270 valence electrons. The summed E-state index contributed by atoms with van der Waals surface area (Å²) in [4.78, 5) is 4.87. The highest BCUT2D eigenvalue weighted by Gasteiger charge is 2.49. The van der Waals surface area contributed by atoms with Gasteiger partial charge in [0, 0.05) is 34.1 Å². The lowest BCUT2D eigenvalue weighted by atomic mass is 10.00. The van der Waals surface area contributed by atoms with Crippen molar-refractivity contribution in [3.8, 4) is 22.3 Å². The van der Waals surface area contributed by atoms with Crippen LogP contribution < -0.4 is 30.5 Å². The monoisotopic (exact) mass is 744 g/mol. The van der Waals surface area contributed by atoms with Crippen molar-refractivity contribution in [1.29, 1.82) is 0 Å². The van der Waals surface area contributed by atoms with E-state index in [2.05, 4.69) is 252 Å². The second-order valence-electron chi connectivity index (χ2n) is 14.5. The van der Waals surface area contributed by atoms with Gasteiger partial charge in [0.15, 0.2) is 8.07 Å². The molecule has 9 aromatic rings. The van der Waals surface area contributed by atoms with Gasteiger partial charge in [0.1, 0.15) is 0 Å². The van der Waals surface area contributed by atoms with Gasteiger partial charge in [0.25, 0.3) is 0 Å². The van der Waals surface area contributed by atoms with E-state index >= 15 is 0 Å². The summed E-state index contributed by atoms with van der Waals surface area (Å²) in [6, 6.07) is 88.8. The molecule has 1 heterocycles. The summed E-state index contributed by atoms with van der Waals surface area (Å²) in [5.74, 6) is 0. The van der Waals surface area contributed by atoms with E-state index in [0.717, 1.165) is 22.7 Å². The van der Waals surface area contributed by atoms with Crippen LogP contribution in [-0.4, -0.2) is 8.07 Å². The largest absolute Gasteiger partial charge is 0.311 e. The van der Waals surface area contributed by atoms with E-state index in [1.165, 1.54) is 54.4 Å². The number of anilines is 6. The van der Waals surface area contributed by atoms with E-state index in [9.17, 15) is 0 Å². The Labute approximate surface area is 336 Å². The third-order valence-electron chi connectivity index (χ3n) is 11.3. The Bertz CT molecular complexity index is 2710.